The molecule has 0 saturated carbocycles. The summed E-state index contributed by atoms with van der Waals surface area (Å²) in [7, 11) is 1.93. The molecule has 4 heteroatoms. The van der Waals surface area contributed by atoms with Crippen LogP contribution >= 0.6 is 0 Å². The van der Waals surface area contributed by atoms with E-state index in [1.165, 1.54) is 5.56 Å². The van der Waals surface area contributed by atoms with Crippen LogP contribution in [0.15, 0.2) is 24.3 Å². The highest BCUT2D eigenvalue weighted by atomic mass is 16.1. The molecule has 0 bridgehead atoms. The van der Waals surface area contributed by atoms with Gasteiger partial charge in [0, 0.05) is 23.4 Å². The first kappa shape index (κ1) is 13.5. The van der Waals surface area contributed by atoms with Gasteiger partial charge in [-0.05, 0) is 52.1 Å². The van der Waals surface area contributed by atoms with Crippen molar-refractivity contribution in [3.63, 3.8) is 0 Å². The Morgan fingerprint density at radius 2 is 1.89 bits per heavy atom. The number of hydrogen-bond donors (Lipinski definition) is 1. The molecule has 2 aromatic rings. The Hall–Kier alpha value is -1.94. The average Bonchev–Trinajstić information content (AvgIpc) is 2.67. The minimum Gasteiger partial charge on any atom is -0.316 e. The van der Waals surface area contributed by atoms with Crippen LogP contribution in [-0.4, -0.2) is 22.6 Å². The molecule has 1 aromatic heterocycles. The molecule has 0 amide bonds. The predicted molar refractivity (Wildman–Crippen MR) is 75.8 cm³/mol. The van der Waals surface area contributed by atoms with E-state index in [0.717, 1.165) is 29.2 Å². The van der Waals surface area contributed by atoms with Crippen molar-refractivity contribution in [3.8, 4) is 5.69 Å². The molecule has 0 spiro atoms. The van der Waals surface area contributed by atoms with Crippen molar-refractivity contribution in [3.05, 3.63) is 46.8 Å². The van der Waals surface area contributed by atoms with E-state index in [4.69, 9.17) is 0 Å². The standard InChI is InChI=1S/C15H19N3O/c1-10-15(9-16-4)11(2)18(17-10)14-7-5-13(6-8-14)12(3)19/h5-8,16H,9H2,1-4H3. The zero-order chi connectivity index (χ0) is 14.0. The minimum absolute atomic E-state index is 0.0794. The Kier molecular flexibility index (Phi) is 3.81. The number of carbonyl (C=O) groups is 1. The number of ketones is 1. The molecule has 4 nitrogen and oxygen atoms in total. The monoisotopic (exact) mass is 257 g/mol. The van der Waals surface area contributed by atoms with Gasteiger partial charge < -0.3 is 5.32 Å². The van der Waals surface area contributed by atoms with E-state index in [1.807, 2.05) is 42.9 Å². The fourth-order valence-corrected chi connectivity index (χ4v) is 2.20. The summed E-state index contributed by atoms with van der Waals surface area (Å²) in [5.41, 5.74) is 5.08. The molecule has 0 aliphatic rings. The van der Waals surface area contributed by atoms with Crippen molar-refractivity contribution in [2.75, 3.05) is 7.05 Å². The zero-order valence-electron chi connectivity index (χ0n) is 11.8. The van der Waals surface area contributed by atoms with Crippen LogP contribution in [0.3, 0.4) is 0 Å². The second-order valence-corrected chi connectivity index (χ2v) is 4.69. The lowest BCUT2D eigenvalue weighted by molar-refractivity contribution is 0.101. The number of aryl methyl sites for hydroxylation is 1. The van der Waals surface area contributed by atoms with Crippen molar-refractivity contribution in [2.45, 2.75) is 27.3 Å². The molecule has 0 fully saturated rings. The zero-order valence-corrected chi connectivity index (χ0v) is 11.8. The molecule has 0 saturated heterocycles. The van der Waals surface area contributed by atoms with Crippen LogP contribution in [-0.2, 0) is 6.54 Å². The summed E-state index contributed by atoms with van der Waals surface area (Å²) in [6.07, 6.45) is 0. The molecular formula is C15H19N3O. The molecule has 1 heterocycles. The topological polar surface area (TPSA) is 46.9 Å². The summed E-state index contributed by atoms with van der Waals surface area (Å²) in [5, 5.41) is 7.72. The van der Waals surface area contributed by atoms with Gasteiger partial charge in [0.2, 0.25) is 0 Å². The number of carbonyl (C=O) groups excluding carboxylic acids is 1. The van der Waals surface area contributed by atoms with E-state index in [9.17, 15) is 4.79 Å². The summed E-state index contributed by atoms with van der Waals surface area (Å²) >= 11 is 0. The quantitative estimate of drug-likeness (QED) is 0.856. The van der Waals surface area contributed by atoms with Gasteiger partial charge in [0.1, 0.15) is 0 Å². The number of nitrogens with zero attached hydrogens (tertiary/aromatic N) is 2. The molecule has 0 radical (unpaired) electrons. The minimum atomic E-state index is 0.0794. The van der Waals surface area contributed by atoms with Crippen LogP contribution in [0.5, 0.6) is 0 Å². The Balaban J connectivity index is 2.41. The largest absolute Gasteiger partial charge is 0.316 e. The summed E-state index contributed by atoms with van der Waals surface area (Å²) in [6, 6.07) is 7.54. The molecule has 0 aliphatic carbocycles. The van der Waals surface area contributed by atoms with E-state index < -0.39 is 0 Å². The molecule has 100 valence electrons. The maximum absolute atomic E-state index is 11.3. The first-order valence-corrected chi connectivity index (χ1v) is 6.35. The van der Waals surface area contributed by atoms with E-state index in [0.29, 0.717) is 0 Å². The van der Waals surface area contributed by atoms with Crippen LogP contribution < -0.4 is 5.32 Å². The molecule has 1 aromatic carbocycles. The Bertz CT molecular complexity index is 597. The molecule has 0 atom stereocenters. The van der Waals surface area contributed by atoms with Crippen molar-refractivity contribution in [1.82, 2.24) is 15.1 Å². The van der Waals surface area contributed by atoms with E-state index >= 15 is 0 Å². The van der Waals surface area contributed by atoms with Gasteiger partial charge in [-0.3, -0.25) is 4.79 Å². The third kappa shape index (κ3) is 2.58. The normalized spacial score (nSPS) is 10.7. The van der Waals surface area contributed by atoms with Gasteiger partial charge in [-0.2, -0.15) is 5.10 Å². The SMILES string of the molecule is CNCc1c(C)nn(-c2ccc(C(C)=O)cc2)c1C. The summed E-state index contributed by atoms with van der Waals surface area (Å²) in [4.78, 5) is 11.3. The van der Waals surface area contributed by atoms with Gasteiger partial charge >= 0.3 is 0 Å². The molecule has 2 rings (SSSR count). The first-order valence-electron chi connectivity index (χ1n) is 6.35. The molecule has 19 heavy (non-hydrogen) atoms. The fourth-order valence-electron chi connectivity index (χ4n) is 2.20. The van der Waals surface area contributed by atoms with Crippen molar-refractivity contribution in [2.24, 2.45) is 0 Å². The highest BCUT2D eigenvalue weighted by molar-refractivity contribution is 5.94. The average molecular weight is 257 g/mol. The third-order valence-corrected chi connectivity index (χ3v) is 3.31. The van der Waals surface area contributed by atoms with Crippen LogP contribution in [0.2, 0.25) is 0 Å². The summed E-state index contributed by atoms with van der Waals surface area (Å²) in [5.74, 6) is 0.0794. The fraction of sp³-hybridized carbons (Fsp3) is 0.333. The van der Waals surface area contributed by atoms with E-state index in [1.54, 1.807) is 6.92 Å². The van der Waals surface area contributed by atoms with Gasteiger partial charge in [0.25, 0.3) is 0 Å². The number of hydrogen-bond acceptors (Lipinski definition) is 3. The smallest absolute Gasteiger partial charge is 0.159 e. The number of benzene rings is 1. The maximum Gasteiger partial charge on any atom is 0.159 e. The molecule has 1 N–H and O–H groups in total. The highest BCUT2D eigenvalue weighted by Gasteiger charge is 2.12. The number of aromatic nitrogens is 2. The van der Waals surface area contributed by atoms with Gasteiger partial charge in [-0.15, -0.1) is 0 Å². The van der Waals surface area contributed by atoms with Crippen LogP contribution in [0.25, 0.3) is 5.69 Å². The molecule has 0 unspecified atom stereocenters. The van der Waals surface area contributed by atoms with Gasteiger partial charge in [0.15, 0.2) is 5.78 Å². The highest BCUT2D eigenvalue weighted by Crippen LogP contribution is 2.18. The van der Waals surface area contributed by atoms with E-state index in [2.05, 4.69) is 17.3 Å². The maximum atomic E-state index is 11.3. The van der Waals surface area contributed by atoms with Gasteiger partial charge in [0.05, 0.1) is 11.4 Å². The lowest BCUT2D eigenvalue weighted by Crippen LogP contribution is -2.07. The van der Waals surface area contributed by atoms with Gasteiger partial charge in [-0.1, -0.05) is 0 Å². The second kappa shape index (κ2) is 5.36. The second-order valence-electron chi connectivity index (χ2n) is 4.69. The third-order valence-electron chi connectivity index (χ3n) is 3.31. The summed E-state index contributed by atoms with van der Waals surface area (Å²) in [6.45, 7) is 6.46. The van der Waals surface area contributed by atoms with Crippen LogP contribution in [0.4, 0.5) is 0 Å². The number of nitrogens with one attached hydrogen (secondary N) is 1. The van der Waals surface area contributed by atoms with Crippen molar-refractivity contribution in [1.29, 1.82) is 0 Å². The van der Waals surface area contributed by atoms with Crippen molar-refractivity contribution >= 4 is 5.78 Å². The van der Waals surface area contributed by atoms with Crippen molar-refractivity contribution < 1.29 is 4.79 Å². The first-order chi connectivity index (χ1) is 9.04. The Morgan fingerprint density at radius 1 is 1.26 bits per heavy atom. The number of rotatable bonds is 4. The van der Waals surface area contributed by atoms with E-state index in [-0.39, 0.29) is 5.78 Å². The van der Waals surface area contributed by atoms with Crippen LogP contribution in [0, 0.1) is 13.8 Å². The molecule has 0 aliphatic heterocycles. The Labute approximate surface area is 113 Å². The number of Topliss-reactive ketones (excluding diaryl/α,β-unsaturated/α-hetero) is 1. The molecular weight excluding hydrogens is 238 g/mol. The Morgan fingerprint density at radius 3 is 2.42 bits per heavy atom. The predicted octanol–water partition coefficient (Wildman–Crippen LogP) is 2.41. The lowest BCUT2D eigenvalue weighted by Gasteiger charge is -2.06. The summed E-state index contributed by atoms with van der Waals surface area (Å²) < 4.78 is 1.92. The van der Waals surface area contributed by atoms with Crippen LogP contribution in [0.1, 0.15) is 34.2 Å². The van der Waals surface area contributed by atoms with Gasteiger partial charge in [-0.25, -0.2) is 4.68 Å². The lowest BCUT2D eigenvalue weighted by atomic mass is 10.1.